The van der Waals surface area contributed by atoms with Crippen LogP contribution >= 0.6 is 0 Å². The smallest absolute Gasteiger partial charge is 0.0926 e. The van der Waals surface area contributed by atoms with Crippen molar-refractivity contribution in [2.45, 2.75) is 19.5 Å². The van der Waals surface area contributed by atoms with E-state index in [1.807, 2.05) is 48.5 Å². The Morgan fingerprint density at radius 1 is 0.674 bits per heavy atom. The first kappa shape index (κ1) is 26.5. The molecule has 2 N–H and O–H groups in total. The topological polar surface area (TPSA) is 45.7 Å². The number of nitrogens with zero attached hydrogens (tertiary/aromatic N) is 2. The second-order valence-corrected chi connectivity index (χ2v) is 12.1. The Bertz CT molecular complexity index is 2480. The predicted molar refractivity (Wildman–Crippen MR) is 194 cm³/mol. The van der Waals surface area contributed by atoms with Crippen molar-refractivity contribution in [1.29, 1.82) is 5.41 Å². The molecule has 0 saturated carbocycles. The summed E-state index contributed by atoms with van der Waals surface area (Å²) in [5, 5.41) is 19.2. The standard InChI is InChI=1S/C42H32N4/c43-40(29-14-3-1-4-15-29)34-20-9-11-21-36(34)44-27-45-38-26-23-28-13-7-8-18-31(28)39(38)35-25-24-33-32-19-10-12-22-37(32)46(42(33)41(35)45)30-16-5-2-6-17-30/h1-11,13-21,23-26,43-44H,12,22,27H2. The third-order valence-corrected chi connectivity index (χ3v) is 9.52. The number of nitrogens with one attached hydrogen (secondary N) is 2. The van der Waals surface area contributed by atoms with E-state index in [4.69, 9.17) is 5.41 Å². The third kappa shape index (κ3) is 4.04. The zero-order chi connectivity index (χ0) is 30.6. The molecule has 0 fully saturated rings. The summed E-state index contributed by atoms with van der Waals surface area (Å²) in [5.74, 6) is 0. The Hall–Kier alpha value is -5.87. The van der Waals surface area contributed by atoms with Gasteiger partial charge in [-0.05, 0) is 47.9 Å². The number of hydrogen-bond acceptors (Lipinski definition) is 2. The average molecular weight is 593 g/mol. The molecule has 0 radical (unpaired) electrons. The summed E-state index contributed by atoms with van der Waals surface area (Å²) in [6, 6.07) is 46.9. The molecule has 0 spiro atoms. The summed E-state index contributed by atoms with van der Waals surface area (Å²) < 4.78 is 4.96. The van der Waals surface area contributed by atoms with Gasteiger partial charge in [-0.2, -0.15) is 0 Å². The molecule has 1 aliphatic carbocycles. The monoisotopic (exact) mass is 592 g/mol. The van der Waals surface area contributed by atoms with Gasteiger partial charge in [-0.1, -0.05) is 121 Å². The van der Waals surface area contributed by atoms with Crippen molar-refractivity contribution >= 4 is 61.0 Å². The molecule has 46 heavy (non-hydrogen) atoms. The van der Waals surface area contributed by atoms with E-state index in [9.17, 15) is 0 Å². The summed E-state index contributed by atoms with van der Waals surface area (Å²) in [4.78, 5) is 0. The van der Waals surface area contributed by atoms with Gasteiger partial charge >= 0.3 is 0 Å². The van der Waals surface area contributed by atoms with Gasteiger partial charge in [0.15, 0.2) is 0 Å². The Morgan fingerprint density at radius 3 is 2.28 bits per heavy atom. The molecular weight excluding hydrogens is 560 g/mol. The van der Waals surface area contributed by atoms with E-state index in [1.54, 1.807) is 0 Å². The van der Waals surface area contributed by atoms with Crippen LogP contribution in [0.3, 0.4) is 0 Å². The minimum atomic E-state index is 0.511. The molecule has 2 aromatic heterocycles. The highest BCUT2D eigenvalue weighted by molar-refractivity contribution is 6.25. The molecular formula is C42H32N4. The highest BCUT2D eigenvalue weighted by Crippen LogP contribution is 2.43. The Labute approximate surface area is 267 Å². The first-order valence-electron chi connectivity index (χ1n) is 16.0. The highest BCUT2D eigenvalue weighted by Gasteiger charge is 2.24. The molecule has 0 bridgehead atoms. The SMILES string of the molecule is N=C(c1ccccc1)c1ccccc1NCn1c2ccc3ccccc3c2c2ccc3c4c(n(-c5ccccc5)c3c21)CCC=C4. The molecule has 220 valence electrons. The summed E-state index contributed by atoms with van der Waals surface area (Å²) in [6.45, 7) is 0.553. The maximum atomic E-state index is 9.07. The van der Waals surface area contributed by atoms with Crippen LogP contribution < -0.4 is 5.32 Å². The zero-order valence-corrected chi connectivity index (χ0v) is 25.4. The lowest BCUT2D eigenvalue weighted by Crippen LogP contribution is -2.12. The molecule has 0 atom stereocenters. The molecule has 8 aromatic rings. The van der Waals surface area contributed by atoms with E-state index in [0.29, 0.717) is 12.4 Å². The molecule has 4 heteroatoms. The number of anilines is 1. The Morgan fingerprint density at radius 2 is 1.41 bits per heavy atom. The van der Waals surface area contributed by atoms with Crippen LogP contribution in [0, 0.1) is 5.41 Å². The van der Waals surface area contributed by atoms with E-state index in [0.717, 1.165) is 29.7 Å². The second-order valence-electron chi connectivity index (χ2n) is 12.1. The van der Waals surface area contributed by atoms with E-state index >= 15 is 0 Å². The van der Waals surface area contributed by atoms with Gasteiger partial charge in [0.2, 0.25) is 0 Å². The highest BCUT2D eigenvalue weighted by atomic mass is 15.1. The van der Waals surface area contributed by atoms with Crippen molar-refractivity contribution < 1.29 is 0 Å². The van der Waals surface area contributed by atoms with Crippen LogP contribution in [0.15, 0.2) is 140 Å². The molecule has 2 heterocycles. The van der Waals surface area contributed by atoms with Crippen molar-refractivity contribution in [1.82, 2.24) is 9.13 Å². The van der Waals surface area contributed by atoms with E-state index in [-0.39, 0.29) is 0 Å². The molecule has 0 unspecified atom stereocenters. The predicted octanol–water partition coefficient (Wildman–Crippen LogP) is 10.3. The maximum Gasteiger partial charge on any atom is 0.0926 e. The summed E-state index contributed by atoms with van der Waals surface area (Å²) in [7, 11) is 0. The molecule has 0 aliphatic heterocycles. The number of benzene rings is 6. The lowest BCUT2D eigenvalue weighted by Gasteiger charge is -2.17. The first-order chi connectivity index (χ1) is 22.8. The summed E-state index contributed by atoms with van der Waals surface area (Å²) in [5.41, 5.74) is 10.8. The van der Waals surface area contributed by atoms with Crippen molar-refractivity contribution in [2.24, 2.45) is 0 Å². The number of hydrogen-bond donors (Lipinski definition) is 2. The first-order valence-corrected chi connectivity index (χ1v) is 16.0. The summed E-state index contributed by atoms with van der Waals surface area (Å²) >= 11 is 0. The largest absolute Gasteiger partial charge is 0.367 e. The van der Waals surface area contributed by atoms with E-state index < -0.39 is 0 Å². The zero-order valence-electron chi connectivity index (χ0n) is 25.4. The van der Waals surface area contributed by atoms with Gasteiger partial charge in [0.1, 0.15) is 0 Å². The van der Waals surface area contributed by atoms with Crippen LogP contribution in [0.4, 0.5) is 5.69 Å². The van der Waals surface area contributed by atoms with Crippen LogP contribution in [-0.2, 0) is 13.1 Å². The van der Waals surface area contributed by atoms with Gasteiger partial charge in [0, 0.05) is 49.9 Å². The molecule has 6 aromatic carbocycles. The lowest BCUT2D eigenvalue weighted by molar-refractivity contribution is 0.839. The summed E-state index contributed by atoms with van der Waals surface area (Å²) in [6.07, 6.45) is 6.68. The van der Waals surface area contributed by atoms with Crippen LogP contribution in [0.5, 0.6) is 0 Å². The van der Waals surface area contributed by atoms with Gasteiger partial charge in [0.25, 0.3) is 0 Å². The van der Waals surface area contributed by atoms with Crippen LogP contribution in [0.1, 0.15) is 28.8 Å². The minimum Gasteiger partial charge on any atom is -0.367 e. The fourth-order valence-electron chi connectivity index (χ4n) is 7.46. The van der Waals surface area contributed by atoms with Crippen LogP contribution in [0.2, 0.25) is 0 Å². The number of allylic oxidation sites excluding steroid dienone is 1. The number of aromatic nitrogens is 2. The van der Waals surface area contributed by atoms with Gasteiger partial charge < -0.3 is 14.5 Å². The van der Waals surface area contributed by atoms with E-state index in [2.05, 4.69) is 112 Å². The molecule has 4 nitrogen and oxygen atoms in total. The normalized spacial score (nSPS) is 12.7. The Balaban J connectivity index is 1.32. The molecule has 0 amide bonds. The van der Waals surface area contributed by atoms with E-state index in [1.165, 1.54) is 60.4 Å². The molecule has 9 rings (SSSR count). The van der Waals surface area contributed by atoms with Crippen molar-refractivity contribution in [3.63, 3.8) is 0 Å². The van der Waals surface area contributed by atoms with Gasteiger partial charge in [-0.3, -0.25) is 5.41 Å². The van der Waals surface area contributed by atoms with Crippen molar-refractivity contribution in [2.75, 3.05) is 5.32 Å². The van der Waals surface area contributed by atoms with Crippen molar-refractivity contribution in [3.8, 4) is 5.69 Å². The third-order valence-electron chi connectivity index (χ3n) is 9.52. The Kier molecular flexibility index (Phi) is 6.13. The minimum absolute atomic E-state index is 0.511. The van der Waals surface area contributed by atoms with Crippen LogP contribution in [0.25, 0.3) is 55.2 Å². The maximum absolute atomic E-state index is 9.07. The average Bonchev–Trinajstić information content (AvgIpc) is 3.64. The molecule has 1 aliphatic rings. The van der Waals surface area contributed by atoms with Gasteiger partial charge in [0.05, 0.1) is 28.9 Å². The lowest BCUT2D eigenvalue weighted by atomic mass is 10.0. The van der Waals surface area contributed by atoms with Crippen LogP contribution in [-0.4, -0.2) is 14.8 Å². The number of para-hydroxylation sites is 2. The van der Waals surface area contributed by atoms with Gasteiger partial charge in [-0.15, -0.1) is 0 Å². The van der Waals surface area contributed by atoms with Crippen molar-refractivity contribution in [3.05, 3.63) is 162 Å². The second kappa shape index (κ2) is 10.6. The van der Waals surface area contributed by atoms with Gasteiger partial charge in [-0.25, -0.2) is 0 Å². The quantitative estimate of drug-likeness (QED) is 0.185. The fourth-order valence-corrected chi connectivity index (χ4v) is 7.46. The number of fused-ring (bicyclic) bond motifs is 9. The fraction of sp³-hybridized carbons (Fsp3) is 0.0714. The molecule has 0 saturated heterocycles. The number of rotatable bonds is 6.